The maximum absolute atomic E-state index is 12.2. The van der Waals surface area contributed by atoms with E-state index in [1.165, 1.54) is 31.5 Å². The van der Waals surface area contributed by atoms with Crippen molar-refractivity contribution in [2.45, 2.75) is 0 Å². The van der Waals surface area contributed by atoms with Crippen molar-refractivity contribution < 1.29 is 19.4 Å². The molecule has 0 bridgehead atoms. The third-order valence-corrected chi connectivity index (χ3v) is 3.86. The number of nitrogens with zero attached hydrogens (tertiary/aromatic N) is 2. The predicted molar refractivity (Wildman–Crippen MR) is 100 cm³/mol. The quantitative estimate of drug-likeness (QED) is 0.459. The number of methoxy groups -OCH3 is 2. The Hall–Kier alpha value is -3.81. The van der Waals surface area contributed by atoms with E-state index in [-0.39, 0.29) is 11.5 Å². The second-order valence-corrected chi connectivity index (χ2v) is 5.51. The highest BCUT2D eigenvalue weighted by Crippen LogP contribution is 2.26. The average molecular weight is 366 g/mol. The SMILES string of the molecule is COc1ccc(-c2[nH]ncc2/C=N/NC(=O)c2ccc(O)c(OC)c2)cc1. The number of carbonyl (C=O) groups is 1. The number of aromatic nitrogens is 2. The number of amides is 1. The molecule has 1 aromatic heterocycles. The minimum atomic E-state index is -0.431. The first kappa shape index (κ1) is 18.0. The number of phenols is 1. The number of H-pyrrole nitrogens is 1. The van der Waals surface area contributed by atoms with E-state index in [1.54, 1.807) is 13.3 Å². The largest absolute Gasteiger partial charge is 0.504 e. The van der Waals surface area contributed by atoms with Crippen molar-refractivity contribution >= 4 is 12.1 Å². The summed E-state index contributed by atoms with van der Waals surface area (Å²) in [6.45, 7) is 0. The Labute approximate surface area is 155 Å². The summed E-state index contributed by atoms with van der Waals surface area (Å²) in [6.07, 6.45) is 3.11. The van der Waals surface area contributed by atoms with Crippen molar-refractivity contribution in [3.8, 4) is 28.5 Å². The number of hydrazone groups is 1. The molecular weight excluding hydrogens is 348 g/mol. The molecule has 0 saturated carbocycles. The third kappa shape index (κ3) is 4.06. The molecule has 3 N–H and O–H groups in total. The molecule has 1 amide bonds. The lowest BCUT2D eigenvalue weighted by Gasteiger charge is -2.05. The lowest BCUT2D eigenvalue weighted by Crippen LogP contribution is -2.17. The van der Waals surface area contributed by atoms with E-state index in [4.69, 9.17) is 9.47 Å². The van der Waals surface area contributed by atoms with Crippen molar-refractivity contribution in [2.75, 3.05) is 14.2 Å². The highest BCUT2D eigenvalue weighted by atomic mass is 16.5. The standard InChI is InChI=1S/C19H18N4O4/c1-26-15-6-3-12(4-7-15)18-14(10-20-22-18)11-21-23-19(25)13-5-8-16(24)17(9-13)27-2/h3-11,24H,1-2H3,(H,20,22)(H,23,25)/b21-11+. The number of aromatic hydroxyl groups is 1. The van der Waals surface area contributed by atoms with Gasteiger partial charge in [-0.1, -0.05) is 0 Å². The Kier molecular flexibility index (Phi) is 5.36. The van der Waals surface area contributed by atoms with Crippen LogP contribution in [0.15, 0.2) is 53.8 Å². The highest BCUT2D eigenvalue weighted by molar-refractivity contribution is 5.96. The number of benzene rings is 2. The first-order valence-electron chi connectivity index (χ1n) is 8.00. The van der Waals surface area contributed by atoms with Gasteiger partial charge in [0.1, 0.15) is 5.75 Å². The zero-order valence-corrected chi connectivity index (χ0v) is 14.8. The second-order valence-electron chi connectivity index (χ2n) is 5.51. The second kappa shape index (κ2) is 8.05. The van der Waals surface area contributed by atoms with Crippen molar-refractivity contribution in [1.82, 2.24) is 15.6 Å². The van der Waals surface area contributed by atoms with E-state index < -0.39 is 5.91 Å². The normalized spacial score (nSPS) is 10.7. The van der Waals surface area contributed by atoms with Crippen molar-refractivity contribution in [2.24, 2.45) is 5.10 Å². The summed E-state index contributed by atoms with van der Waals surface area (Å²) in [5, 5.41) is 20.5. The van der Waals surface area contributed by atoms with Crippen molar-refractivity contribution in [3.63, 3.8) is 0 Å². The van der Waals surface area contributed by atoms with Crippen LogP contribution < -0.4 is 14.9 Å². The maximum Gasteiger partial charge on any atom is 0.271 e. The molecule has 8 nitrogen and oxygen atoms in total. The molecule has 0 atom stereocenters. The number of hydrogen-bond acceptors (Lipinski definition) is 6. The van der Waals surface area contributed by atoms with Crippen LogP contribution in [-0.4, -0.2) is 41.6 Å². The van der Waals surface area contributed by atoms with Gasteiger partial charge < -0.3 is 14.6 Å². The van der Waals surface area contributed by atoms with Gasteiger partial charge in [0.25, 0.3) is 5.91 Å². The number of carbonyl (C=O) groups excluding carboxylic acids is 1. The van der Waals surface area contributed by atoms with Gasteiger partial charge >= 0.3 is 0 Å². The fourth-order valence-corrected chi connectivity index (χ4v) is 2.43. The molecule has 0 aliphatic heterocycles. The number of phenolic OH excluding ortho intramolecular Hbond substituents is 1. The summed E-state index contributed by atoms with van der Waals surface area (Å²) in [5.41, 5.74) is 5.13. The van der Waals surface area contributed by atoms with Gasteiger partial charge in [0.15, 0.2) is 11.5 Å². The Morgan fingerprint density at radius 3 is 2.67 bits per heavy atom. The predicted octanol–water partition coefficient (Wildman–Crippen LogP) is 2.56. The average Bonchev–Trinajstić information content (AvgIpc) is 3.16. The summed E-state index contributed by atoms with van der Waals surface area (Å²) < 4.78 is 10.1. The van der Waals surface area contributed by atoms with E-state index in [9.17, 15) is 9.90 Å². The molecule has 0 unspecified atom stereocenters. The Morgan fingerprint density at radius 2 is 1.96 bits per heavy atom. The van der Waals surface area contributed by atoms with E-state index >= 15 is 0 Å². The van der Waals surface area contributed by atoms with E-state index in [0.717, 1.165) is 17.0 Å². The Bertz CT molecular complexity index is 964. The third-order valence-electron chi connectivity index (χ3n) is 3.86. The summed E-state index contributed by atoms with van der Waals surface area (Å²) in [6, 6.07) is 11.8. The molecule has 0 aliphatic rings. The molecule has 0 saturated heterocycles. The molecule has 0 fully saturated rings. The summed E-state index contributed by atoms with van der Waals surface area (Å²) in [5.74, 6) is 0.493. The number of ether oxygens (including phenoxy) is 2. The first-order chi connectivity index (χ1) is 13.1. The molecule has 138 valence electrons. The van der Waals surface area contributed by atoms with E-state index in [1.807, 2.05) is 24.3 Å². The van der Waals surface area contributed by atoms with E-state index in [2.05, 4.69) is 20.7 Å². The van der Waals surface area contributed by atoms with Crippen LogP contribution in [0, 0.1) is 0 Å². The lowest BCUT2D eigenvalue weighted by atomic mass is 10.1. The van der Waals surface area contributed by atoms with Gasteiger partial charge in [-0.15, -0.1) is 0 Å². The number of rotatable bonds is 6. The monoisotopic (exact) mass is 366 g/mol. The van der Waals surface area contributed by atoms with Crippen LogP contribution in [0.1, 0.15) is 15.9 Å². The van der Waals surface area contributed by atoms with Crippen LogP contribution in [0.25, 0.3) is 11.3 Å². The Morgan fingerprint density at radius 1 is 1.19 bits per heavy atom. The minimum Gasteiger partial charge on any atom is -0.504 e. The van der Waals surface area contributed by atoms with Crippen LogP contribution in [0.3, 0.4) is 0 Å². The fraction of sp³-hybridized carbons (Fsp3) is 0.105. The van der Waals surface area contributed by atoms with Gasteiger partial charge in [0, 0.05) is 16.7 Å². The van der Waals surface area contributed by atoms with Crippen LogP contribution in [0.4, 0.5) is 0 Å². The van der Waals surface area contributed by atoms with Gasteiger partial charge in [-0.25, -0.2) is 5.43 Å². The van der Waals surface area contributed by atoms with Crippen LogP contribution in [-0.2, 0) is 0 Å². The van der Waals surface area contributed by atoms with Crippen LogP contribution in [0.2, 0.25) is 0 Å². The molecule has 8 heteroatoms. The van der Waals surface area contributed by atoms with Crippen LogP contribution >= 0.6 is 0 Å². The molecule has 3 rings (SSSR count). The van der Waals surface area contributed by atoms with Gasteiger partial charge in [0.05, 0.1) is 32.3 Å². The summed E-state index contributed by atoms with van der Waals surface area (Å²) in [4.78, 5) is 12.2. The van der Waals surface area contributed by atoms with Crippen LogP contribution in [0.5, 0.6) is 17.2 Å². The van der Waals surface area contributed by atoms with E-state index in [0.29, 0.717) is 11.1 Å². The topological polar surface area (TPSA) is 109 Å². The van der Waals surface area contributed by atoms with Gasteiger partial charge in [-0.05, 0) is 42.5 Å². The highest BCUT2D eigenvalue weighted by Gasteiger charge is 2.10. The molecule has 2 aromatic carbocycles. The molecule has 0 radical (unpaired) electrons. The number of aromatic amines is 1. The van der Waals surface area contributed by atoms with Gasteiger partial charge in [0.2, 0.25) is 0 Å². The molecule has 0 aliphatic carbocycles. The summed E-state index contributed by atoms with van der Waals surface area (Å²) >= 11 is 0. The lowest BCUT2D eigenvalue weighted by molar-refractivity contribution is 0.0954. The zero-order chi connectivity index (χ0) is 19.2. The van der Waals surface area contributed by atoms with Crippen molar-refractivity contribution in [1.29, 1.82) is 0 Å². The minimum absolute atomic E-state index is 0.0416. The summed E-state index contributed by atoms with van der Waals surface area (Å²) in [7, 11) is 3.02. The molecule has 3 aromatic rings. The smallest absolute Gasteiger partial charge is 0.271 e. The fourth-order valence-electron chi connectivity index (χ4n) is 2.43. The molecule has 1 heterocycles. The maximum atomic E-state index is 12.2. The number of nitrogens with one attached hydrogen (secondary N) is 2. The first-order valence-corrected chi connectivity index (χ1v) is 8.00. The molecule has 27 heavy (non-hydrogen) atoms. The van der Waals surface area contributed by atoms with Crippen molar-refractivity contribution in [3.05, 3.63) is 59.8 Å². The zero-order valence-electron chi connectivity index (χ0n) is 14.8. The van der Waals surface area contributed by atoms with Gasteiger partial charge in [-0.2, -0.15) is 10.2 Å². The molecule has 0 spiro atoms. The molecular formula is C19H18N4O4. The van der Waals surface area contributed by atoms with Gasteiger partial charge in [-0.3, -0.25) is 9.89 Å². The Balaban J connectivity index is 1.72. The number of hydrogen-bond donors (Lipinski definition) is 3.